The predicted octanol–water partition coefficient (Wildman–Crippen LogP) is 3.66. The molecule has 1 aromatic carbocycles. The van der Waals surface area contributed by atoms with Crippen molar-refractivity contribution in [1.29, 1.82) is 0 Å². The summed E-state index contributed by atoms with van der Waals surface area (Å²) < 4.78 is 13.8. The first kappa shape index (κ1) is 15.3. The van der Waals surface area contributed by atoms with Crippen LogP contribution in [0.15, 0.2) is 30.3 Å². The molecule has 6 heteroatoms. The van der Waals surface area contributed by atoms with Crippen LogP contribution in [0.4, 0.5) is 15.9 Å². The molecule has 0 fully saturated rings. The fourth-order valence-corrected chi connectivity index (χ4v) is 2.10. The zero-order valence-corrected chi connectivity index (χ0v) is 12.2. The summed E-state index contributed by atoms with van der Waals surface area (Å²) in [5.41, 5.74) is 6.79. The fraction of sp³-hybridized carbons (Fsp3) is 0.200. The van der Waals surface area contributed by atoms with Gasteiger partial charge in [0.05, 0.1) is 10.7 Å². The van der Waals surface area contributed by atoms with Crippen molar-refractivity contribution in [2.75, 3.05) is 11.1 Å². The lowest BCUT2D eigenvalue weighted by molar-refractivity contribution is 0.102. The number of carbonyl (C=O) groups excluding carboxylic acids is 1. The molecule has 0 aliphatic rings. The van der Waals surface area contributed by atoms with Crippen LogP contribution in [0.2, 0.25) is 5.02 Å². The highest BCUT2D eigenvalue weighted by Crippen LogP contribution is 2.22. The first-order chi connectivity index (χ1) is 10.0. The van der Waals surface area contributed by atoms with Gasteiger partial charge >= 0.3 is 0 Å². The Morgan fingerprint density at radius 2 is 2.19 bits per heavy atom. The standard InChI is InChI=1S/C15H15ClFN3O/c1-2-4-10-7-9(8-13(18)19-10)15(21)20-12-6-3-5-11(16)14(12)17/h3,5-8H,2,4H2,1H3,(H2,18,19)(H,20,21). The van der Waals surface area contributed by atoms with Crippen molar-refractivity contribution in [3.8, 4) is 0 Å². The monoisotopic (exact) mass is 307 g/mol. The molecule has 110 valence electrons. The van der Waals surface area contributed by atoms with Crippen LogP contribution in [0.3, 0.4) is 0 Å². The minimum Gasteiger partial charge on any atom is -0.384 e. The third kappa shape index (κ3) is 3.70. The number of aromatic nitrogens is 1. The molecule has 1 aromatic heterocycles. The molecule has 0 saturated heterocycles. The van der Waals surface area contributed by atoms with E-state index >= 15 is 0 Å². The average Bonchev–Trinajstić information content (AvgIpc) is 2.43. The molecule has 2 rings (SSSR count). The number of nitrogens with zero attached hydrogens (tertiary/aromatic N) is 1. The first-order valence-electron chi connectivity index (χ1n) is 6.53. The van der Waals surface area contributed by atoms with Crippen LogP contribution in [0.5, 0.6) is 0 Å². The predicted molar refractivity (Wildman–Crippen MR) is 82.0 cm³/mol. The van der Waals surface area contributed by atoms with Gasteiger partial charge in [-0.2, -0.15) is 0 Å². The molecule has 0 aliphatic heterocycles. The molecule has 3 N–H and O–H groups in total. The Morgan fingerprint density at radius 3 is 2.90 bits per heavy atom. The molecule has 0 radical (unpaired) electrons. The fourth-order valence-electron chi connectivity index (χ4n) is 1.92. The van der Waals surface area contributed by atoms with Crippen molar-refractivity contribution in [3.63, 3.8) is 0 Å². The van der Waals surface area contributed by atoms with E-state index in [-0.39, 0.29) is 16.5 Å². The van der Waals surface area contributed by atoms with E-state index in [9.17, 15) is 9.18 Å². The van der Waals surface area contributed by atoms with Crippen molar-refractivity contribution in [1.82, 2.24) is 4.98 Å². The molecular formula is C15H15ClFN3O. The van der Waals surface area contributed by atoms with Crippen LogP contribution >= 0.6 is 11.6 Å². The third-order valence-corrected chi connectivity index (χ3v) is 3.16. The summed E-state index contributed by atoms with van der Waals surface area (Å²) in [7, 11) is 0. The second kappa shape index (κ2) is 6.54. The minimum atomic E-state index is -0.664. The van der Waals surface area contributed by atoms with E-state index in [0.29, 0.717) is 5.56 Å². The van der Waals surface area contributed by atoms with Crippen LogP contribution in [0.1, 0.15) is 29.4 Å². The Morgan fingerprint density at radius 1 is 1.43 bits per heavy atom. The van der Waals surface area contributed by atoms with Gasteiger partial charge in [-0.15, -0.1) is 0 Å². The number of amides is 1. The van der Waals surface area contributed by atoms with Gasteiger partial charge in [-0.05, 0) is 30.7 Å². The van der Waals surface area contributed by atoms with Crippen LogP contribution in [-0.2, 0) is 6.42 Å². The van der Waals surface area contributed by atoms with Crippen molar-refractivity contribution in [3.05, 3.63) is 52.4 Å². The van der Waals surface area contributed by atoms with Crippen LogP contribution in [0, 0.1) is 5.82 Å². The molecule has 2 aromatic rings. The number of benzene rings is 1. The van der Waals surface area contributed by atoms with E-state index < -0.39 is 11.7 Å². The summed E-state index contributed by atoms with van der Waals surface area (Å²) in [6.07, 6.45) is 1.61. The zero-order chi connectivity index (χ0) is 15.4. The topological polar surface area (TPSA) is 68.0 Å². The Hall–Kier alpha value is -2.14. The SMILES string of the molecule is CCCc1cc(C(=O)Nc2cccc(Cl)c2F)cc(N)n1. The number of nitrogens with one attached hydrogen (secondary N) is 1. The lowest BCUT2D eigenvalue weighted by Crippen LogP contribution is -2.14. The summed E-state index contributed by atoms with van der Waals surface area (Å²) >= 11 is 5.68. The van der Waals surface area contributed by atoms with Gasteiger partial charge in [0.2, 0.25) is 0 Å². The zero-order valence-electron chi connectivity index (χ0n) is 11.5. The van der Waals surface area contributed by atoms with E-state index in [2.05, 4.69) is 10.3 Å². The molecule has 0 bridgehead atoms. The molecule has 0 unspecified atom stereocenters. The molecule has 0 aliphatic carbocycles. The normalized spacial score (nSPS) is 10.4. The largest absolute Gasteiger partial charge is 0.384 e. The van der Waals surface area contributed by atoms with Gasteiger partial charge in [-0.3, -0.25) is 4.79 Å². The summed E-state index contributed by atoms with van der Waals surface area (Å²) in [5, 5.41) is 2.43. The number of halogens is 2. The molecular weight excluding hydrogens is 293 g/mol. The summed E-state index contributed by atoms with van der Waals surface area (Å²) in [6.45, 7) is 2.01. The maximum Gasteiger partial charge on any atom is 0.255 e. The van der Waals surface area contributed by atoms with Crippen LogP contribution in [0.25, 0.3) is 0 Å². The summed E-state index contributed by atoms with van der Waals surface area (Å²) in [5.74, 6) is -0.858. The van der Waals surface area contributed by atoms with Gasteiger partial charge < -0.3 is 11.1 Å². The smallest absolute Gasteiger partial charge is 0.255 e. The number of hydrogen-bond donors (Lipinski definition) is 2. The van der Waals surface area contributed by atoms with E-state index in [0.717, 1.165) is 18.5 Å². The molecule has 4 nitrogen and oxygen atoms in total. The molecule has 0 atom stereocenters. The van der Waals surface area contributed by atoms with Crippen molar-refractivity contribution >= 4 is 29.0 Å². The third-order valence-electron chi connectivity index (χ3n) is 2.87. The van der Waals surface area contributed by atoms with Gasteiger partial charge in [-0.1, -0.05) is 31.0 Å². The summed E-state index contributed by atoms with van der Waals surface area (Å²) in [4.78, 5) is 16.3. The number of anilines is 2. The second-order valence-corrected chi connectivity index (χ2v) is 4.98. The second-order valence-electron chi connectivity index (χ2n) is 4.58. The number of hydrogen-bond acceptors (Lipinski definition) is 3. The van der Waals surface area contributed by atoms with Crippen molar-refractivity contribution in [2.45, 2.75) is 19.8 Å². The number of rotatable bonds is 4. The van der Waals surface area contributed by atoms with Gasteiger partial charge in [0.25, 0.3) is 5.91 Å². The van der Waals surface area contributed by atoms with Gasteiger partial charge in [-0.25, -0.2) is 9.37 Å². The Labute approximate surface area is 127 Å². The molecule has 0 spiro atoms. The van der Waals surface area contributed by atoms with Gasteiger partial charge in [0, 0.05) is 11.3 Å². The number of nitrogens with two attached hydrogens (primary N) is 1. The van der Waals surface area contributed by atoms with Gasteiger partial charge in [0.1, 0.15) is 5.82 Å². The maximum absolute atomic E-state index is 13.8. The Bertz CT molecular complexity index is 676. The molecule has 1 amide bonds. The Balaban J connectivity index is 2.26. The number of pyridine rings is 1. The van der Waals surface area contributed by atoms with Crippen LogP contribution in [-0.4, -0.2) is 10.9 Å². The van der Waals surface area contributed by atoms with Crippen molar-refractivity contribution < 1.29 is 9.18 Å². The quantitative estimate of drug-likeness (QED) is 0.905. The van der Waals surface area contributed by atoms with E-state index in [1.54, 1.807) is 12.1 Å². The lowest BCUT2D eigenvalue weighted by atomic mass is 10.1. The van der Waals surface area contributed by atoms with Crippen LogP contribution < -0.4 is 11.1 Å². The van der Waals surface area contributed by atoms with Crippen molar-refractivity contribution in [2.24, 2.45) is 0 Å². The van der Waals surface area contributed by atoms with Gasteiger partial charge in [0.15, 0.2) is 5.82 Å². The van der Waals surface area contributed by atoms with E-state index in [1.807, 2.05) is 6.92 Å². The number of nitrogen functional groups attached to an aromatic ring is 1. The highest BCUT2D eigenvalue weighted by molar-refractivity contribution is 6.31. The molecule has 1 heterocycles. The minimum absolute atomic E-state index is 0.0277. The highest BCUT2D eigenvalue weighted by atomic mass is 35.5. The van der Waals surface area contributed by atoms with E-state index in [4.69, 9.17) is 17.3 Å². The lowest BCUT2D eigenvalue weighted by Gasteiger charge is -2.09. The Kier molecular flexibility index (Phi) is 4.75. The number of carbonyl (C=O) groups is 1. The molecule has 21 heavy (non-hydrogen) atoms. The molecule has 0 saturated carbocycles. The maximum atomic E-state index is 13.8. The number of aryl methyl sites for hydroxylation is 1. The first-order valence-corrected chi connectivity index (χ1v) is 6.91. The average molecular weight is 308 g/mol. The highest BCUT2D eigenvalue weighted by Gasteiger charge is 2.13. The summed E-state index contributed by atoms with van der Waals surface area (Å²) in [6, 6.07) is 7.52. The van der Waals surface area contributed by atoms with E-state index in [1.165, 1.54) is 18.2 Å².